The van der Waals surface area contributed by atoms with E-state index in [1.165, 1.54) is 0 Å². The van der Waals surface area contributed by atoms with Crippen LogP contribution in [0.1, 0.15) is 26.3 Å². The zero-order chi connectivity index (χ0) is 14.7. The number of sulfone groups is 1. The third-order valence-corrected chi connectivity index (χ3v) is 4.05. The average molecular weight is 300 g/mol. The van der Waals surface area contributed by atoms with Crippen LogP contribution in [0.3, 0.4) is 0 Å². The van der Waals surface area contributed by atoms with E-state index in [9.17, 15) is 8.42 Å². The first-order valence-corrected chi connectivity index (χ1v) is 8.02. The van der Waals surface area contributed by atoms with Gasteiger partial charge in [-0.3, -0.25) is 0 Å². The highest BCUT2D eigenvalue weighted by molar-refractivity contribution is 7.91. The summed E-state index contributed by atoms with van der Waals surface area (Å²) in [5.74, 6) is -0.210. The first-order chi connectivity index (χ1) is 8.60. The van der Waals surface area contributed by atoms with E-state index in [0.717, 1.165) is 5.56 Å². The van der Waals surface area contributed by atoms with Crippen LogP contribution >= 0.6 is 12.2 Å². The van der Waals surface area contributed by atoms with Crippen molar-refractivity contribution >= 4 is 27.2 Å². The minimum Gasteiger partial charge on any atom is -0.358 e. The van der Waals surface area contributed by atoms with Gasteiger partial charge in [0.1, 0.15) is 5.88 Å². The molecular weight excluding hydrogens is 280 g/mol. The Hall–Kier alpha value is -1.14. The first-order valence-electron chi connectivity index (χ1n) is 5.96. The van der Waals surface area contributed by atoms with Gasteiger partial charge in [-0.15, -0.1) is 0 Å². The van der Waals surface area contributed by atoms with Crippen molar-refractivity contribution in [1.29, 1.82) is 0 Å². The van der Waals surface area contributed by atoms with Crippen molar-refractivity contribution in [2.75, 3.05) is 5.88 Å². The lowest BCUT2D eigenvalue weighted by atomic mass is 10.1. The predicted molar refractivity (Wildman–Crippen MR) is 81.9 cm³/mol. The lowest BCUT2D eigenvalue weighted by Crippen LogP contribution is -2.47. The van der Waals surface area contributed by atoms with Crippen molar-refractivity contribution in [2.45, 2.75) is 38.1 Å². The van der Waals surface area contributed by atoms with Gasteiger partial charge in [-0.05, 0) is 52.0 Å². The molecule has 2 N–H and O–H groups in total. The van der Waals surface area contributed by atoms with Gasteiger partial charge in [0.05, 0.1) is 4.90 Å². The van der Waals surface area contributed by atoms with Crippen molar-refractivity contribution in [2.24, 2.45) is 0 Å². The second-order valence-electron chi connectivity index (χ2n) is 5.45. The largest absolute Gasteiger partial charge is 0.358 e. The van der Waals surface area contributed by atoms with Crippen molar-refractivity contribution in [1.82, 2.24) is 10.6 Å². The highest BCUT2D eigenvalue weighted by Gasteiger charge is 2.16. The number of thiocarbonyl (C=S) groups is 1. The van der Waals surface area contributed by atoms with Crippen LogP contribution in [0.25, 0.3) is 0 Å². The molecule has 0 aliphatic rings. The minimum atomic E-state index is -3.37. The lowest BCUT2D eigenvalue weighted by Gasteiger charge is -2.23. The van der Waals surface area contributed by atoms with Gasteiger partial charge in [0, 0.05) is 5.54 Å². The lowest BCUT2D eigenvalue weighted by molar-refractivity contribution is 0.508. The maximum atomic E-state index is 12.1. The van der Waals surface area contributed by atoms with Gasteiger partial charge < -0.3 is 10.6 Å². The number of hydrogen-bond acceptors (Lipinski definition) is 3. The molecule has 0 unspecified atom stereocenters. The number of hydrogen-bond donors (Lipinski definition) is 2. The summed E-state index contributed by atoms with van der Waals surface area (Å²) in [6.07, 6.45) is 0. The average Bonchev–Trinajstić information content (AvgIpc) is 2.25. The summed E-state index contributed by atoms with van der Waals surface area (Å²) in [6, 6.07) is 6.76. The molecule has 0 aliphatic carbocycles. The van der Waals surface area contributed by atoms with Gasteiger partial charge in [0.2, 0.25) is 0 Å². The molecule has 0 spiro atoms. The Bertz CT molecular complexity index is 543. The van der Waals surface area contributed by atoms with Gasteiger partial charge in [-0.1, -0.05) is 17.7 Å². The highest BCUT2D eigenvalue weighted by Crippen LogP contribution is 2.11. The van der Waals surface area contributed by atoms with Crippen LogP contribution in [-0.4, -0.2) is 24.9 Å². The Labute approximate surface area is 120 Å². The predicted octanol–water partition coefficient (Wildman–Crippen LogP) is 1.99. The summed E-state index contributed by atoms with van der Waals surface area (Å²) >= 11 is 5.05. The molecule has 0 amide bonds. The normalized spacial score (nSPS) is 12.0. The van der Waals surface area contributed by atoms with Crippen molar-refractivity contribution < 1.29 is 8.42 Å². The van der Waals surface area contributed by atoms with Gasteiger partial charge in [-0.2, -0.15) is 0 Å². The van der Waals surface area contributed by atoms with Gasteiger partial charge in [0.15, 0.2) is 14.9 Å². The van der Waals surface area contributed by atoms with Crippen LogP contribution in [0.15, 0.2) is 29.2 Å². The summed E-state index contributed by atoms with van der Waals surface area (Å²) in [5, 5.41) is 6.07. The fourth-order valence-corrected chi connectivity index (χ4v) is 2.90. The first kappa shape index (κ1) is 15.9. The van der Waals surface area contributed by atoms with Gasteiger partial charge in [0.25, 0.3) is 0 Å². The van der Waals surface area contributed by atoms with Crippen molar-refractivity contribution in [3.8, 4) is 0 Å². The number of rotatable bonds is 3. The molecule has 0 aliphatic heterocycles. The van der Waals surface area contributed by atoms with Crippen LogP contribution in [0.2, 0.25) is 0 Å². The molecule has 0 saturated heterocycles. The van der Waals surface area contributed by atoms with Crippen molar-refractivity contribution in [3.63, 3.8) is 0 Å². The highest BCUT2D eigenvalue weighted by atomic mass is 32.2. The smallest absolute Gasteiger partial charge is 0.196 e. The second-order valence-corrected chi connectivity index (χ2v) is 7.85. The molecule has 0 aromatic heterocycles. The van der Waals surface area contributed by atoms with E-state index < -0.39 is 9.84 Å². The Morgan fingerprint density at radius 2 is 1.74 bits per heavy atom. The van der Waals surface area contributed by atoms with E-state index in [1.807, 2.05) is 27.7 Å². The molecule has 0 heterocycles. The molecule has 0 fully saturated rings. The van der Waals surface area contributed by atoms with E-state index in [1.54, 1.807) is 24.3 Å². The topological polar surface area (TPSA) is 58.2 Å². The fourth-order valence-electron chi connectivity index (χ4n) is 1.37. The number of aryl methyl sites for hydroxylation is 1. The van der Waals surface area contributed by atoms with Crippen molar-refractivity contribution in [3.05, 3.63) is 29.8 Å². The Balaban J connectivity index is 2.66. The standard InChI is InChI=1S/C13H20N2O2S2/c1-10-5-7-11(8-6-10)19(16,17)9-14-12(18)15-13(2,3)4/h5-8H,9H2,1-4H3,(H2,14,15,18). The molecule has 0 atom stereocenters. The summed E-state index contributed by atoms with van der Waals surface area (Å²) in [7, 11) is -3.37. The van der Waals surface area contributed by atoms with E-state index in [4.69, 9.17) is 12.2 Å². The quantitative estimate of drug-likeness (QED) is 0.836. The third-order valence-electron chi connectivity index (χ3n) is 2.29. The maximum absolute atomic E-state index is 12.1. The van der Waals surface area contributed by atoms with Crippen LogP contribution in [0.5, 0.6) is 0 Å². The van der Waals surface area contributed by atoms with Gasteiger partial charge >= 0.3 is 0 Å². The van der Waals surface area contributed by atoms with Crippen LogP contribution in [0.4, 0.5) is 0 Å². The molecule has 0 bridgehead atoms. The van der Waals surface area contributed by atoms with E-state index >= 15 is 0 Å². The SMILES string of the molecule is Cc1ccc(S(=O)(=O)CNC(=S)NC(C)(C)C)cc1. The van der Waals surface area contributed by atoms with Gasteiger partial charge in [-0.25, -0.2) is 8.42 Å². The van der Waals surface area contributed by atoms with E-state index in [-0.39, 0.29) is 11.4 Å². The third kappa shape index (κ3) is 5.57. The monoisotopic (exact) mass is 300 g/mol. The summed E-state index contributed by atoms with van der Waals surface area (Å²) < 4.78 is 24.1. The Morgan fingerprint density at radius 1 is 1.21 bits per heavy atom. The second kappa shape index (κ2) is 5.88. The molecule has 19 heavy (non-hydrogen) atoms. The molecule has 4 nitrogen and oxygen atoms in total. The molecule has 6 heteroatoms. The zero-order valence-corrected chi connectivity index (χ0v) is 13.3. The molecule has 1 aromatic carbocycles. The van der Waals surface area contributed by atoms with Crippen LogP contribution < -0.4 is 10.6 Å². The molecule has 1 rings (SSSR count). The summed E-state index contributed by atoms with van der Waals surface area (Å²) in [4.78, 5) is 0.296. The number of nitrogens with one attached hydrogen (secondary N) is 2. The maximum Gasteiger partial charge on any atom is 0.196 e. The van der Waals surface area contributed by atoms with E-state index in [2.05, 4.69) is 10.6 Å². The molecule has 0 saturated carbocycles. The molecule has 106 valence electrons. The summed E-state index contributed by atoms with van der Waals surface area (Å²) in [6.45, 7) is 7.78. The van der Waals surface area contributed by atoms with Crippen LogP contribution in [0, 0.1) is 6.92 Å². The Morgan fingerprint density at radius 3 is 2.21 bits per heavy atom. The zero-order valence-electron chi connectivity index (χ0n) is 11.6. The molecular formula is C13H20N2O2S2. The fraction of sp³-hybridized carbons (Fsp3) is 0.462. The molecule has 0 radical (unpaired) electrons. The van der Waals surface area contributed by atoms with E-state index in [0.29, 0.717) is 10.0 Å². The molecule has 1 aromatic rings. The Kier molecular flexibility index (Phi) is 4.92. The van der Waals surface area contributed by atoms with Crippen LogP contribution in [-0.2, 0) is 9.84 Å². The summed E-state index contributed by atoms with van der Waals surface area (Å²) in [5.41, 5.74) is 0.828. The minimum absolute atomic E-state index is 0.197. The number of benzene rings is 1.